The molecule has 0 spiro atoms. The Kier molecular flexibility index (Phi) is 4.59. The van der Waals surface area contributed by atoms with Crippen LogP contribution in [0.1, 0.15) is 30.2 Å². The number of nitrogens with one attached hydrogen (secondary N) is 1. The molecule has 4 heteroatoms. The van der Waals surface area contributed by atoms with E-state index < -0.39 is 0 Å². The monoisotopic (exact) mass is 291 g/mol. The molecule has 0 bridgehead atoms. The van der Waals surface area contributed by atoms with E-state index in [4.69, 9.17) is 4.74 Å². The Hall–Kier alpha value is -0.0900. The first-order valence-electron chi connectivity index (χ1n) is 4.80. The minimum absolute atomic E-state index is 0. The molecule has 0 aliphatic carbocycles. The minimum Gasteiger partial charge on any atom is -0.372 e. The fourth-order valence-corrected chi connectivity index (χ4v) is 2.25. The lowest BCUT2D eigenvalue weighted by atomic mass is 9.95. The van der Waals surface area contributed by atoms with Crippen LogP contribution < -0.4 is 5.32 Å². The summed E-state index contributed by atoms with van der Waals surface area (Å²) in [5.74, 6) is 0. The highest BCUT2D eigenvalue weighted by Crippen LogP contribution is 2.33. The molecule has 0 saturated heterocycles. The van der Waals surface area contributed by atoms with E-state index in [2.05, 4.69) is 46.4 Å². The maximum absolute atomic E-state index is 5.68. The zero-order valence-corrected chi connectivity index (χ0v) is 11.2. The van der Waals surface area contributed by atoms with E-state index in [0.29, 0.717) is 6.04 Å². The van der Waals surface area contributed by atoms with Gasteiger partial charge in [0.05, 0.1) is 18.8 Å². The number of ether oxygens (including phenoxy) is 1. The molecule has 2 rings (SSSR count). The van der Waals surface area contributed by atoms with Gasteiger partial charge in [-0.1, -0.05) is 22.0 Å². The molecule has 2 atom stereocenters. The van der Waals surface area contributed by atoms with Gasteiger partial charge in [0.25, 0.3) is 0 Å². The van der Waals surface area contributed by atoms with Crippen LogP contribution >= 0.6 is 28.3 Å². The molecule has 0 aromatic heterocycles. The SMILES string of the molecule is CNC1COC(C)c2cc(Br)ccc21.Cl. The van der Waals surface area contributed by atoms with Crippen LogP contribution in [0, 0.1) is 0 Å². The van der Waals surface area contributed by atoms with Crippen LogP contribution in [0.3, 0.4) is 0 Å². The second-order valence-electron chi connectivity index (χ2n) is 3.59. The number of hydrogen-bond acceptors (Lipinski definition) is 2. The van der Waals surface area contributed by atoms with Crippen LogP contribution in [0.25, 0.3) is 0 Å². The molecule has 1 aliphatic rings. The zero-order valence-electron chi connectivity index (χ0n) is 8.79. The van der Waals surface area contributed by atoms with Gasteiger partial charge in [-0.15, -0.1) is 12.4 Å². The van der Waals surface area contributed by atoms with Gasteiger partial charge in [-0.05, 0) is 37.2 Å². The zero-order chi connectivity index (χ0) is 10.1. The highest BCUT2D eigenvalue weighted by molar-refractivity contribution is 9.10. The second-order valence-corrected chi connectivity index (χ2v) is 4.51. The van der Waals surface area contributed by atoms with Crippen molar-refractivity contribution in [3.05, 3.63) is 33.8 Å². The largest absolute Gasteiger partial charge is 0.372 e. The Morgan fingerprint density at radius 3 is 2.80 bits per heavy atom. The number of hydrogen-bond donors (Lipinski definition) is 1. The van der Waals surface area contributed by atoms with Crippen molar-refractivity contribution >= 4 is 28.3 Å². The molecular weight excluding hydrogens is 277 g/mol. The van der Waals surface area contributed by atoms with Gasteiger partial charge in [-0.2, -0.15) is 0 Å². The van der Waals surface area contributed by atoms with E-state index in [1.807, 2.05) is 7.05 Å². The van der Waals surface area contributed by atoms with Crippen molar-refractivity contribution in [1.29, 1.82) is 0 Å². The molecule has 0 saturated carbocycles. The van der Waals surface area contributed by atoms with Gasteiger partial charge in [-0.25, -0.2) is 0 Å². The summed E-state index contributed by atoms with van der Waals surface area (Å²) in [4.78, 5) is 0. The van der Waals surface area contributed by atoms with E-state index in [1.165, 1.54) is 11.1 Å². The second kappa shape index (κ2) is 5.30. The number of likely N-dealkylation sites (N-methyl/N-ethyl adjacent to an activating group) is 1. The summed E-state index contributed by atoms with van der Waals surface area (Å²) < 4.78 is 6.79. The van der Waals surface area contributed by atoms with Gasteiger partial charge in [0.15, 0.2) is 0 Å². The van der Waals surface area contributed by atoms with Gasteiger partial charge in [0.2, 0.25) is 0 Å². The van der Waals surface area contributed by atoms with Crippen LogP contribution in [0.4, 0.5) is 0 Å². The van der Waals surface area contributed by atoms with E-state index in [-0.39, 0.29) is 18.5 Å². The maximum atomic E-state index is 5.68. The summed E-state index contributed by atoms with van der Waals surface area (Å²) in [5, 5.41) is 3.26. The molecule has 2 unspecified atom stereocenters. The molecule has 1 aromatic carbocycles. The average Bonchev–Trinajstić information content (AvgIpc) is 2.19. The summed E-state index contributed by atoms with van der Waals surface area (Å²) in [6, 6.07) is 6.72. The van der Waals surface area contributed by atoms with Crippen LogP contribution in [0.15, 0.2) is 22.7 Å². The van der Waals surface area contributed by atoms with Crippen molar-refractivity contribution in [3.8, 4) is 0 Å². The van der Waals surface area contributed by atoms with Gasteiger partial charge in [0.1, 0.15) is 0 Å². The van der Waals surface area contributed by atoms with Gasteiger partial charge in [-0.3, -0.25) is 0 Å². The lowest BCUT2D eigenvalue weighted by Gasteiger charge is -2.30. The third kappa shape index (κ3) is 2.53. The van der Waals surface area contributed by atoms with Crippen LogP contribution in [0.2, 0.25) is 0 Å². The quantitative estimate of drug-likeness (QED) is 0.858. The molecule has 0 radical (unpaired) electrons. The van der Waals surface area contributed by atoms with Gasteiger partial charge in [0, 0.05) is 4.47 Å². The number of rotatable bonds is 1. The molecule has 2 nitrogen and oxygen atoms in total. The first-order chi connectivity index (χ1) is 6.72. The third-order valence-electron chi connectivity index (χ3n) is 2.72. The van der Waals surface area contributed by atoms with Crippen LogP contribution in [0.5, 0.6) is 0 Å². The Bertz CT molecular complexity index is 345. The molecule has 1 aliphatic heterocycles. The number of halogens is 2. The predicted molar refractivity (Wildman–Crippen MR) is 67.6 cm³/mol. The van der Waals surface area contributed by atoms with Crippen molar-refractivity contribution in [2.24, 2.45) is 0 Å². The summed E-state index contributed by atoms with van der Waals surface area (Å²) >= 11 is 3.48. The topological polar surface area (TPSA) is 21.3 Å². The Balaban J connectivity index is 0.00000112. The normalized spacial score (nSPS) is 24.2. The molecule has 15 heavy (non-hydrogen) atoms. The smallest absolute Gasteiger partial charge is 0.0801 e. The molecular formula is C11H15BrClNO. The van der Waals surface area contributed by atoms with Crippen molar-refractivity contribution in [3.63, 3.8) is 0 Å². The van der Waals surface area contributed by atoms with Crippen LogP contribution in [-0.4, -0.2) is 13.7 Å². The van der Waals surface area contributed by atoms with E-state index in [9.17, 15) is 0 Å². The third-order valence-corrected chi connectivity index (χ3v) is 3.22. The van der Waals surface area contributed by atoms with Crippen molar-refractivity contribution in [2.75, 3.05) is 13.7 Å². The molecule has 84 valence electrons. The van der Waals surface area contributed by atoms with Crippen molar-refractivity contribution < 1.29 is 4.74 Å². The van der Waals surface area contributed by atoms with Gasteiger partial charge < -0.3 is 10.1 Å². The van der Waals surface area contributed by atoms with Crippen LogP contribution in [-0.2, 0) is 4.74 Å². The number of benzene rings is 1. The lowest BCUT2D eigenvalue weighted by molar-refractivity contribution is 0.0346. The summed E-state index contributed by atoms with van der Waals surface area (Å²) in [7, 11) is 1.97. The summed E-state index contributed by atoms with van der Waals surface area (Å²) in [6.45, 7) is 2.85. The highest BCUT2D eigenvalue weighted by Gasteiger charge is 2.23. The molecule has 1 N–H and O–H groups in total. The van der Waals surface area contributed by atoms with E-state index >= 15 is 0 Å². The summed E-state index contributed by atoms with van der Waals surface area (Å²) in [5.41, 5.74) is 2.64. The first kappa shape index (κ1) is 13.0. The lowest BCUT2D eigenvalue weighted by Crippen LogP contribution is -2.28. The molecule has 1 aromatic rings. The fourth-order valence-electron chi connectivity index (χ4n) is 1.87. The Labute approximate surface area is 105 Å². The molecule has 1 heterocycles. The van der Waals surface area contributed by atoms with E-state index in [0.717, 1.165) is 11.1 Å². The van der Waals surface area contributed by atoms with Crippen molar-refractivity contribution in [2.45, 2.75) is 19.1 Å². The summed E-state index contributed by atoms with van der Waals surface area (Å²) in [6.07, 6.45) is 0.201. The maximum Gasteiger partial charge on any atom is 0.0801 e. The Morgan fingerprint density at radius 2 is 2.13 bits per heavy atom. The predicted octanol–water partition coefficient (Wildman–Crippen LogP) is 3.22. The minimum atomic E-state index is 0. The first-order valence-corrected chi connectivity index (χ1v) is 5.60. The highest BCUT2D eigenvalue weighted by atomic mass is 79.9. The van der Waals surface area contributed by atoms with E-state index in [1.54, 1.807) is 0 Å². The number of fused-ring (bicyclic) bond motifs is 1. The fraction of sp³-hybridized carbons (Fsp3) is 0.455. The van der Waals surface area contributed by atoms with Gasteiger partial charge >= 0.3 is 0 Å². The average molecular weight is 293 g/mol. The Morgan fingerprint density at radius 1 is 1.40 bits per heavy atom. The standard InChI is InChI=1S/C11H14BrNO.ClH/c1-7-10-5-8(12)3-4-9(10)11(13-2)6-14-7;/h3-5,7,11,13H,6H2,1-2H3;1H. The molecule has 0 amide bonds. The van der Waals surface area contributed by atoms with Crippen molar-refractivity contribution in [1.82, 2.24) is 5.32 Å². The molecule has 0 fully saturated rings.